The van der Waals surface area contributed by atoms with Gasteiger partial charge in [-0.25, -0.2) is 13.5 Å². The van der Waals surface area contributed by atoms with Crippen molar-refractivity contribution in [2.45, 2.75) is 25.3 Å². The molecule has 0 aliphatic rings. The third kappa shape index (κ3) is 6.81. The molecule has 1 amide bonds. The van der Waals surface area contributed by atoms with Gasteiger partial charge in [0.1, 0.15) is 29.2 Å². The Kier molecular flexibility index (Phi) is 9.42. The van der Waals surface area contributed by atoms with Crippen molar-refractivity contribution >= 4 is 33.6 Å². The van der Waals surface area contributed by atoms with Crippen LogP contribution < -0.4 is 9.64 Å². The lowest BCUT2D eigenvalue weighted by atomic mass is 10.1. The van der Waals surface area contributed by atoms with E-state index in [9.17, 15) is 9.00 Å². The van der Waals surface area contributed by atoms with Crippen molar-refractivity contribution in [3.05, 3.63) is 59.2 Å². The van der Waals surface area contributed by atoms with Crippen molar-refractivity contribution in [3.8, 4) is 5.75 Å². The molecule has 1 heterocycles. The normalized spacial score (nSPS) is 12.1. The third-order valence-electron chi connectivity index (χ3n) is 5.95. The molecule has 0 radical (unpaired) electrons. The quantitative estimate of drug-likeness (QED) is 0.366. The van der Waals surface area contributed by atoms with Crippen LogP contribution in [0.5, 0.6) is 5.75 Å². The van der Waals surface area contributed by atoms with Crippen LogP contribution in [0.1, 0.15) is 16.7 Å². The molecule has 1 unspecified atom stereocenters. The predicted molar refractivity (Wildman–Crippen MR) is 145 cm³/mol. The molecule has 0 aliphatic heterocycles. The molecule has 0 N–H and O–H groups in total. The van der Waals surface area contributed by atoms with Crippen LogP contribution in [0.3, 0.4) is 0 Å². The molecule has 0 aliphatic carbocycles. The van der Waals surface area contributed by atoms with Crippen molar-refractivity contribution < 1.29 is 18.5 Å². The molecule has 8 nitrogen and oxygen atoms in total. The molecule has 3 rings (SSSR count). The van der Waals surface area contributed by atoms with Gasteiger partial charge in [-0.2, -0.15) is 0 Å². The zero-order valence-corrected chi connectivity index (χ0v) is 23.0. The number of amides is 1. The second-order valence-corrected chi connectivity index (χ2v) is 10.6. The van der Waals surface area contributed by atoms with E-state index >= 15 is 0 Å². The molecule has 9 heteroatoms. The van der Waals surface area contributed by atoms with E-state index in [1.54, 1.807) is 30.4 Å². The van der Waals surface area contributed by atoms with Gasteiger partial charge in [-0.05, 0) is 66.9 Å². The van der Waals surface area contributed by atoms with Crippen LogP contribution in [0, 0.1) is 13.8 Å². The second kappa shape index (κ2) is 12.3. The van der Waals surface area contributed by atoms with E-state index in [0.29, 0.717) is 19.7 Å². The Balaban J connectivity index is 1.48. The van der Waals surface area contributed by atoms with Gasteiger partial charge in [-0.15, -0.1) is 0 Å². The summed E-state index contributed by atoms with van der Waals surface area (Å²) >= 11 is 0. The minimum atomic E-state index is -1.33. The SMILES string of the molecule is COc1cc(C)c(S(=O)N(C)CCOCC(=O)N(C)Cc2ccc3nc(N(C)C)ccc3c2)c(C)c1. The van der Waals surface area contributed by atoms with Crippen LogP contribution in [-0.2, 0) is 27.1 Å². The molecule has 0 spiro atoms. The van der Waals surface area contributed by atoms with E-state index in [0.717, 1.165) is 44.1 Å². The number of anilines is 1. The Morgan fingerprint density at radius 3 is 2.33 bits per heavy atom. The molecule has 2 aromatic carbocycles. The van der Waals surface area contributed by atoms with Crippen molar-refractivity contribution in [1.29, 1.82) is 0 Å². The molecule has 0 bridgehead atoms. The molecular formula is C27H36N4O4S. The van der Waals surface area contributed by atoms with Crippen molar-refractivity contribution in [2.24, 2.45) is 0 Å². The number of aryl methyl sites for hydroxylation is 2. The molecule has 0 saturated heterocycles. The van der Waals surface area contributed by atoms with Crippen molar-refractivity contribution in [2.75, 3.05) is 60.0 Å². The lowest BCUT2D eigenvalue weighted by Crippen LogP contribution is -2.32. The lowest BCUT2D eigenvalue weighted by Gasteiger charge is -2.20. The number of likely N-dealkylation sites (N-methyl/N-ethyl adjacent to an activating group) is 2. The zero-order chi connectivity index (χ0) is 26.4. The molecular weight excluding hydrogens is 476 g/mol. The average Bonchev–Trinajstić information content (AvgIpc) is 2.85. The van der Waals surface area contributed by atoms with Crippen molar-refractivity contribution in [1.82, 2.24) is 14.2 Å². The standard InChI is InChI=1S/C27H36N4O4S/c1-19-14-23(34-7)15-20(2)27(19)36(33)31(6)12-13-35-18-26(32)30(5)17-21-8-10-24-22(16-21)9-11-25(28-24)29(3)4/h8-11,14-16H,12-13,17-18H2,1-7H3. The first-order chi connectivity index (χ1) is 17.1. The fraction of sp³-hybridized carbons (Fsp3) is 0.407. The van der Waals surface area contributed by atoms with Gasteiger partial charge in [0.2, 0.25) is 5.91 Å². The highest BCUT2D eigenvalue weighted by molar-refractivity contribution is 7.82. The first kappa shape index (κ1) is 27.6. The summed E-state index contributed by atoms with van der Waals surface area (Å²) in [6, 6.07) is 13.8. The zero-order valence-electron chi connectivity index (χ0n) is 22.2. The van der Waals surface area contributed by atoms with Crippen LogP contribution >= 0.6 is 0 Å². The highest BCUT2D eigenvalue weighted by Crippen LogP contribution is 2.25. The van der Waals surface area contributed by atoms with Crippen LogP contribution in [0.2, 0.25) is 0 Å². The number of fused-ring (bicyclic) bond motifs is 1. The highest BCUT2D eigenvalue weighted by Gasteiger charge is 2.17. The number of ether oxygens (including phenoxy) is 2. The summed E-state index contributed by atoms with van der Waals surface area (Å²) in [5.74, 6) is 1.54. The largest absolute Gasteiger partial charge is 0.497 e. The Bertz CT molecular complexity index is 1220. The Morgan fingerprint density at radius 2 is 1.69 bits per heavy atom. The number of pyridine rings is 1. The average molecular weight is 513 g/mol. The summed E-state index contributed by atoms with van der Waals surface area (Å²) in [5, 5.41) is 1.04. The van der Waals surface area contributed by atoms with E-state index in [4.69, 9.17) is 9.47 Å². The molecule has 3 aromatic rings. The maximum absolute atomic E-state index is 13.0. The number of nitrogens with zero attached hydrogens (tertiary/aromatic N) is 4. The summed E-state index contributed by atoms with van der Waals surface area (Å²) in [5.41, 5.74) is 3.77. The predicted octanol–water partition coefficient (Wildman–Crippen LogP) is 3.56. The number of carbonyl (C=O) groups is 1. The fourth-order valence-electron chi connectivity index (χ4n) is 3.88. The van der Waals surface area contributed by atoms with Gasteiger partial charge in [-0.3, -0.25) is 4.79 Å². The van der Waals surface area contributed by atoms with E-state index < -0.39 is 11.0 Å². The number of rotatable bonds is 11. The fourth-order valence-corrected chi connectivity index (χ4v) is 5.10. The minimum Gasteiger partial charge on any atom is -0.497 e. The van der Waals surface area contributed by atoms with E-state index in [1.165, 1.54) is 0 Å². The number of hydrogen-bond donors (Lipinski definition) is 0. The smallest absolute Gasteiger partial charge is 0.248 e. The first-order valence-electron chi connectivity index (χ1n) is 11.8. The van der Waals surface area contributed by atoms with Gasteiger partial charge >= 0.3 is 0 Å². The lowest BCUT2D eigenvalue weighted by molar-refractivity contribution is -0.135. The monoisotopic (exact) mass is 512 g/mol. The minimum absolute atomic E-state index is 0.0289. The Hall–Kier alpha value is -3.01. The van der Waals surface area contributed by atoms with Crippen molar-refractivity contribution in [3.63, 3.8) is 0 Å². The number of aromatic nitrogens is 1. The molecule has 194 valence electrons. The topological polar surface area (TPSA) is 75.2 Å². The van der Waals surface area contributed by atoms with Gasteiger partial charge in [0.05, 0.1) is 24.1 Å². The van der Waals surface area contributed by atoms with Gasteiger partial charge < -0.3 is 19.3 Å². The second-order valence-electron chi connectivity index (χ2n) is 9.08. The maximum Gasteiger partial charge on any atom is 0.248 e. The summed E-state index contributed by atoms with van der Waals surface area (Å²) in [6.45, 7) is 5.03. The van der Waals surface area contributed by atoms with Gasteiger partial charge in [0.25, 0.3) is 0 Å². The number of benzene rings is 2. The van der Waals surface area contributed by atoms with Gasteiger partial charge in [-0.1, -0.05) is 6.07 Å². The highest BCUT2D eigenvalue weighted by atomic mass is 32.2. The number of carbonyl (C=O) groups excluding carboxylic acids is 1. The van der Waals surface area contributed by atoms with E-state index in [2.05, 4.69) is 11.1 Å². The Morgan fingerprint density at radius 1 is 1.00 bits per heavy atom. The maximum atomic E-state index is 13.0. The van der Waals surface area contributed by atoms with Crippen LogP contribution in [0.4, 0.5) is 5.82 Å². The number of hydrogen-bond acceptors (Lipinski definition) is 6. The summed E-state index contributed by atoms with van der Waals surface area (Å²) in [6.07, 6.45) is 0. The van der Waals surface area contributed by atoms with Gasteiger partial charge in [0.15, 0.2) is 0 Å². The van der Waals surface area contributed by atoms with E-state index in [-0.39, 0.29) is 12.5 Å². The van der Waals surface area contributed by atoms with Crippen LogP contribution in [-0.4, -0.2) is 79.4 Å². The summed E-state index contributed by atoms with van der Waals surface area (Å²) in [4.78, 5) is 21.6. The van der Waals surface area contributed by atoms with Crippen LogP contribution in [0.25, 0.3) is 10.9 Å². The van der Waals surface area contributed by atoms with Gasteiger partial charge in [0, 0.05) is 46.7 Å². The molecule has 1 atom stereocenters. The first-order valence-corrected chi connectivity index (χ1v) is 12.9. The third-order valence-corrected chi connectivity index (χ3v) is 7.69. The van der Waals surface area contributed by atoms with E-state index in [1.807, 2.05) is 69.2 Å². The Labute approximate surface area is 216 Å². The number of methoxy groups -OCH3 is 1. The summed E-state index contributed by atoms with van der Waals surface area (Å²) < 4.78 is 25.7. The molecule has 36 heavy (non-hydrogen) atoms. The summed E-state index contributed by atoms with van der Waals surface area (Å²) in [7, 11) is 7.76. The van der Waals surface area contributed by atoms with Crippen LogP contribution in [0.15, 0.2) is 47.4 Å². The molecule has 0 saturated carbocycles. The molecule has 1 aromatic heterocycles. The molecule has 0 fully saturated rings.